The number of thioether (sulfide) groups is 1. The molecule has 1 fully saturated rings. The molecule has 7 nitrogen and oxygen atoms in total. The normalized spacial score (nSPS) is 15.9. The first-order valence-electron chi connectivity index (χ1n) is 8.09. The summed E-state index contributed by atoms with van der Waals surface area (Å²) in [6.07, 6.45) is 3.19. The number of nitrogens with zero attached hydrogens (tertiary/aromatic N) is 2. The quantitative estimate of drug-likeness (QED) is 0.415. The first-order chi connectivity index (χ1) is 12.5. The van der Waals surface area contributed by atoms with Crippen LogP contribution in [0.15, 0.2) is 45.7 Å². The maximum atomic E-state index is 12.3. The van der Waals surface area contributed by atoms with Crippen molar-refractivity contribution in [2.24, 2.45) is 0 Å². The Morgan fingerprint density at radius 2 is 2.08 bits per heavy atom. The molecule has 1 saturated heterocycles. The van der Waals surface area contributed by atoms with Crippen LogP contribution < -0.4 is 0 Å². The molecule has 0 unspecified atom stereocenters. The van der Waals surface area contributed by atoms with E-state index in [-0.39, 0.29) is 16.8 Å². The van der Waals surface area contributed by atoms with Crippen LogP contribution in [0.2, 0.25) is 0 Å². The number of nitro groups is 1. The van der Waals surface area contributed by atoms with E-state index < -0.39 is 4.92 Å². The molecule has 0 bridgehead atoms. The van der Waals surface area contributed by atoms with Crippen molar-refractivity contribution in [3.8, 4) is 11.3 Å². The number of rotatable bonds is 6. The summed E-state index contributed by atoms with van der Waals surface area (Å²) in [5.41, 5.74) is 0.535. The maximum absolute atomic E-state index is 12.3. The van der Waals surface area contributed by atoms with Gasteiger partial charge in [0.1, 0.15) is 11.5 Å². The molecule has 2 aromatic rings. The summed E-state index contributed by atoms with van der Waals surface area (Å²) in [7, 11) is 0. The van der Waals surface area contributed by atoms with E-state index in [1.165, 1.54) is 23.1 Å². The van der Waals surface area contributed by atoms with Gasteiger partial charge in [-0.25, -0.2) is 0 Å². The van der Waals surface area contributed by atoms with Crippen LogP contribution in [0.4, 0.5) is 10.5 Å². The maximum Gasteiger partial charge on any atom is 0.293 e. The molecule has 134 valence electrons. The Labute approximate surface area is 153 Å². The minimum absolute atomic E-state index is 0.0301. The van der Waals surface area contributed by atoms with Crippen molar-refractivity contribution in [1.29, 1.82) is 0 Å². The number of nitro benzene ring substituents is 1. The summed E-state index contributed by atoms with van der Waals surface area (Å²) in [6.45, 7) is 2.41. The average molecular weight is 372 g/mol. The van der Waals surface area contributed by atoms with Gasteiger partial charge in [-0.3, -0.25) is 24.6 Å². The molecule has 8 heteroatoms. The van der Waals surface area contributed by atoms with Gasteiger partial charge in [0, 0.05) is 30.3 Å². The van der Waals surface area contributed by atoms with Crippen molar-refractivity contribution >= 4 is 34.7 Å². The van der Waals surface area contributed by atoms with Gasteiger partial charge in [-0.1, -0.05) is 25.5 Å². The van der Waals surface area contributed by atoms with Gasteiger partial charge in [0.15, 0.2) is 0 Å². The molecule has 3 rings (SSSR count). The molecule has 0 saturated carbocycles. The molecule has 1 aliphatic rings. The van der Waals surface area contributed by atoms with Crippen LogP contribution in [-0.2, 0) is 4.79 Å². The monoisotopic (exact) mass is 372 g/mol. The smallest absolute Gasteiger partial charge is 0.293 e. The first kappa shape index (κ1) is 17.9. The topological polar surface area (TPSA) is 93.7 Å². The number of benzene rings is 1. The third-order valence-electron chi connectivity index (χ3n) is 3.85. The van der Waals surface area contributed by atoms with Crippen LogP contribution >= 0.6 is 11.8 Å². The van der Waals surface area contributed by atoms with E-state index in [1.54, 1.807) is 24.3 Å². The standard InChI is InChI=1S/C18H16N2O5S/c1-2-3-9-19-17(21)16(26-18(19)22)11-14-7-8-15(25-14)12-5-4-6-13(10-12)20(23)24/h4-8,10-11H,2-3,9H2,1H3. The molecule has 26 heavy (non-hydrogen) atoms. The third kappa shape index (κ3) is 3.70. The van der Waals surface area contributed by atoms with E-state index in [0.29, 0.717) is 28.5 Å². The van der Waals surface area contributed by atoms with Gasteiger partial charge in [0.25, 0.3) is 16.8 Å². The van der Waals surface area contributed by atoms with Crippen molar-refractivity contribution in [2.75, 3.05) is 6.54 Å². The number of imide groups is 1. The predicted octanol–water partition coefficient (Wildman–Crippen LogP) is 4.69. The molecule has 0 N–H and O–H groups in total. The minimum Gasteiger partial charge on any atom is -0.457 e. The summed E-state index contributed by atoms with van der Waals surface area (Å²) in [4.78, 5) is 36.2. The molecule has 0 spiro atoms. The molecule has 0 atom stereocenters. The Hall–Kier alpha value is -2.87. The summed E-state index contributed by atoms with van der Waals surface area (Å²) >= 11 is 0.888. The van der Waals surface area contributed by atoms with Crippen LogP contribution in [0.3, 0.4) is 0 Å². The predicted molar refractivity (Wildman–Crippen MR) is 98.4 cm³/mol. The Morgan fingerprint density at radius 1 is 1.27 bits per heavy atom. The lowest BCUT2D eigenvalue weighted by Gasteiger charge is -2.10. The highest BCUT2D eigenvalue weighted by Gasteiger charge is 2.34. The summed E-state index contributed by atoms with van der Waals surface area (Å²) < 4.78 is 5.67. The van der Waals surface area contributed by atoms with E-state index >= 15 is 0 Å². The lowest BCUT2D eigenvalue weighted by atomic mass is 10.1. The number of hydrogen-bond acceptors (Lipinski definition) is 6. The lowest BCUT2D eigenvalue weighted by Crippen LogP contribution is -2.29. The number of furan rings is 1. The fourth-order valence-corrected chi connectivity index (χ4v) is 3.34. The number of amides is 2. The molecular weight excluding hydrogens is 356 g/mol. The highest BCUT2D eigenvalue weighted by atomic mass is 32.2. The zero-order valence-electron chi connectivity index (χ0n) is 14.0. The molecular formula is C18H16N2O5S. The second kappa shape index (κ2) is 7.57. The number of hydrogen-bond donors (Lipinski definition) is 0. The van der Waals surface area contributed by atoms with Gasteiger partial charge in [-0.2, -0.15) is 0 Å². The van der Waals surface area contributed by atoms with Crippen molar-refractivity contribution < 1.29 is 18.9 Å². The SMILES string of the molecule is CCCCN1C(=O)SC(=Cc2ccc(-c3cccc([N+](=O)[O-])c3)o2)C1=O. The molecule has 2 amide bonds. The van der Waals surface area contributed by atoms with Gasteiger partial charge in [0.2, 0.25) is 0 Å². The fourth-order valence-electron chi connectivity index (χ4n) is 2.50. The Kier molecular flexibility index (Phi) is 5.22. The van der Waals surface area contributed by atoms with Gasteiger partial charge >= 0.3 is 0 Å². The molecule has 1 aliphatic heterocycles. The zero-order chi connectivity index (χ0) is 18.7. The second-order valence-corrected chi connectivity index (χ2v) is 6.69. The largest absolute Gasteiger partial charge is 0.457 e. The fraction of sp³-hybridized carbons (Fsp3) is 0.222. The zero-order valence-corrected chi connectivity index (χ0v) is 14.8. The molecule has 2 heterocycles. The van der Waals surface area contributed by atoms with Crippen molar-refractivity contribution in [2.45, 2.75) is 19.8 Å². The average Bonchev–Trinajstić information content (AvgIpc) is 3.19. The van der Waals surface area contributed by atoms with Crippen molar-refractivity contribution in [3.05, 3.63) is 57.2 Å². The van der Waals surface area contributed by atoms with Gasteiger partial charge < -0.3 is 4.42 Å². The minimum atomic E-state index is -0.473. The van der Waals surface area contributed by atoms with E-state index in [0.717, 1.165) is 24.6 Å². The molecule has 1 aromatic carbocycles. The lowest BCUT2D eigenvalue weighted by molar-refractivity contribution is -0.384. The van der Waals surface area contributed by atoms with Crippen LogP contribution in [-0.4, -0.2) is 27.5 Å². The summed E-state index contributed by atoms with van der Waals surface area (Å²) in [6, 6.07) is 9.43. The Bertz CT molecular complexity index is 902. The van der Waals surface area contributed by atoms with E-state index in [2.05, 4.69) is 0 Å². The summed E-state index contributed by atoms with van der Waals surface area (Å²) in [5, 5.41) is 10.6. The molecule has 0 aliphatic carbocycles. The Balaban J connectivity index is 1.81. The van der Waals surface area contributed by atoms with Crippen LogP contribution in [0.25, 0.3) is 17.4 Å². The van der Waals surface area contributed by atoms with Crippen LogP contribution in [0, 0.1) is 10.1 Å². The van der Waals surface area contributed by atoms with Crippen molar-refractivity contribution in [1.82, 2.24) is 4.90 Å². The van der Waals surface area contributed by atoms with E-state index in [4.69, 9.17) is 4.42 Å². The highest BCUT2D eigenvalue weighted by Crippen LogP contribution is 2.33. The van der Waals surface area contributed by atoms with Gasteiger partial charge in [0.05, 0.1) is 9.83 Å². The number of non-ortho nitro benzene ring substituents is 1. The number of carbonyl (C=O) groups is 2. The Morgan fingerprint density at radius 3 is 2.81 bits per heavy atom. The van der Waals surface area contributed by atoms with E-state index in [9.17, 15) is 19.7 Å². The van der Waals surface area contributed by atoms with Gasteiger partial charge in [-0.15, -0.1) is 0 Å². The first-order valence-corrected chi connectivity index (χ1v) is 8.91. The van der Waals surface area contributed by atoms with Crippen LogP contribution in [0.5, 0.6) is 0 Å². The number of carbonyl (C=O) groups excluding carboxylic acids is 2. The summed E-state index contributed by atoms with van der Waals surface area (Å²) in [5.74, 6) is 0.541. The molecule has 0 radical (unpaired) electrons. The number of unbranched alkanes of at least 4 members (excludes halogenated alkanes) is 1. The third-order valence-corrected chi connectivity index (χ3v) is 4.76. The molecule has 1 aromatic heterocycles. The van der Waals surface area contributed by atoms with E-state index in [1.807, 2.05) is 6.92 Å². The van der Waals surface area contributed by atoms with Crippen molar-refractivity contribution in [3.63, 3.8) is 0 Å². The second-order valence-electron chi connectivity index (χ2n) is 5.70. The van der Waals surface area contributed by atoms with Crippen LogP contribution in [0.1, 0.15) is 25.5 Å². The van der Waals surface area contributed by atoms with Gasteiger partial charge in [-0.05, 0) is 30.3 Å². The highest BCUT2D eigenvalue weighted by molar-refractivity contribution is 8.18.